The minimum atomic E-state index is -3.29. The second-order valence-corrected chi connectivity index (χ2v) is 8.62. The van der Waals surface area contributed by atoms with Crippen molar-refractivity contribution in [3.63, 3.8) is 0 Å². The van der Waals surface area contributed by atoms with Crippen LogP contribution in [0.15, 0.2) is 70.7 Å². The van der Waals surface area contributed by atoms with Gasteiger partial charge in [-0.25, -0.2) is 8.42 Å². The van der Waals surface area contributed by atoms with Gasteiger partial charge in [0.15, 0.2) is 9.84 Å². The van der Waals surface area contributed by atoms with Gasteiger partial charge in [0.1, 0.15) is 11.6 Å². The molecule has 2 aromatic carbocycles. The highest BCUT2D eigenvalue weighted by molar-refractivity contribution is 7.90. The van der Waals surface area contributed by atoms with Gasteiger partial charge >= 0.3 is 0 Å². The maximum Gasteiger partial charge on any atom is 0.175 e. The van der Waals surface area contributed by atoms with Crippen LogP contribution in [0.2, 0.25) is 0 Å². The summed E-state index contributed by atoms with van der Waals surface area (Å²) < 4.78 is 28.8. The zero-order valence-corrected chi connectivity index (χ0v) is 16.2. The van der Waals surface area contributed by atoms with Crippen LogP contribution in [0.4, 0.5) is 0 Å². The lowest BCUT2D eigenvalue weighted by Gasteiger charge is -2.31. The first-order valence-corrected chi connectivity index (χ1v) is 10.4. The summed E-state index contributed by atoms with van der Waals surface area (Å²) in [6, 6.07) is 14.5. The van der Waals surface area contributed by atoms with E-state index in [1.54, 1.807) is 31.5 Å². The predicted molar refractivity (Wildman–Crippen MR) is 106 cm³/mol. The second kappa shape index (κ2) is 7.54. The lowest BCUT2D eigenvalue weighted by atomic mass is 9.85. The van der Waals surface area contributed by atoms with Crippen LogP contribution in [0.5, 0.6) is 5.75 Å². The topological polar surface area (TPSA) is 93.8 Å². The number of hydrogen-bond acceptors (Lipinski definition) is 5. The zero-order chi connectivity index (χ0) is 19.5. The molecule has 0 radical (unpaired) electrons. The highest BCUT2D eigenvalue weighted by atomic mass is 32.2. The van der Waals surface area contributed by atoms with Crippen molar-refractivity contribution in [2.24, 2.45) is 10.7 Å². The molecule has 3 rings (SSSR count). The van der Waals surface area contributed by atoms with Crippen molar-refractivity contribution < 1.29 is 13.2 Å². The Hall–Kier alpha value is -2.64. The van der Waals surface area contributed by atoms with Crippen molar-refractivity contribution in [2.75, 3.05) is 13.4 Å². The van der Waals surface area contributed by atoms with E-state index in [1.165, 1.54) is 6.26 Å². The summed E-state index contributed by atoms with van der Waals surface area (Å²) in [5.74, 6) is 1.55. The number of nitrogens with one attached hydrogen (secondary N) is 1. The van der Waals surface area contributed by atoms with Gasteiger partial charge < -0.3 is 15.8 Å². The zero-order valence-electron chi connectivity index (χ0n) is 15.3. The third-order valence-corrected chi connectivity index (χ3v) is 5.61. The molecule has 0 saturated heterocycles. The Kier molecular flexibility index (Phi) is 5.34. The van der Waals surface area contributed by atoms with Gasteiger partial charge in [-0.15, -0.1) is 0 Å². The number of methoxy groups -OCH3 is 1. The maximum absolute atomic E-state index is 11.8. The summed E-state index contributed by atoms with van der Waals surface area (Å²) in [6.07, 6.45) is 5.23. The number of ether oxygens (including phenoxy) is 1. The lowest BCUT2D eigenvalue weighted by molar-refractivity contribution is 0.414. The third kappa shape index (κ3) is 4.56. The molecule has 1 atom stereocenters. The summed E-state index contributed by atoms with van der Waals surface area (Å²) >= 11 is 0. The number of sulfone groups is 1. The van der Waals surface area contributed by atoms with E-state index in [1.807, 2.05) is 36.4 Å². The van der Waals surface area contributed by atoms with E-state index in [0.717, 1.165) is 22.7 Å². The Labute approximate surface area is 159 Å². The Morgan fingerprint density at radius 1 is 1.22 bits per heavy atom. The molecule has 27 heavy (non-hydrogen) atoms. The molecular formula is C20H23N3O3S. The number of nitrogens with zero attached hydrogens (tertiary/aromatic N) is 1. The molecule has 0 saturated carbocycles. The summed E-state index contributed by atoms with van der Waals surface area (Å²) in [4.78, 5) is 4.87. The van der Waals surface area contributed by atoms with Gasteiger partial charge in [-0.2, -0.15) is 0 Å². The van der Waals surface area contributed by atoms with Crippen LogP contribution in [0, 0.1) is 0 Å². The van der Waals surface area contributed by atoms with Crippen molar-refractivity contribution in [3.05, 3.63) is 71.9 Å². The Morgan fingerprint density at radius 2 is 1.96 bits per heavy atom. The minimum Gasteiger partial charge on any atom is -0.497 e. The maximum atomic E-state index is 11.8. The summed E-state index contributed by atoms with van der Waals surface area (Å²) in [6.45, 7) is 0.514. The van der Waals surface area contributed by atoms with E-state index in [4.69, 9.17) is 10.5 Å². The molecule has 1 aliphatic rings. The van der Waals surface area contributed by atoms with E-state index in [9.17, 15) is 8.42 Å². The first kappa shape index (κ1) is 19.1. The Balaban J connectivity index is 1.80. The van der Waals surface area contributed by atoms with Gasteiger partial charge in [-0.1, -0.05) is 24.3 Å². The van der Waals surface area contributed by atoms with Crippen molar-refractivity contribution in [1.82, 2.24) is 5.32 Å². The van der Waals surface area contributed by atoms with Crippen LogP contribution >= 0.6 is 0 Å². The van der Waals surface area contributed by atoms with Gasteiger partial charge in [0.05, 0.1) is 24.1 Å². The van der Waals surface area contributed by atoms with Crippen LogP contribution < -0.4 is 15.8 Å². The fourth-order valence-corrected chi connectivity index (χ4v) is 3.57. The molecule has 2 aromatic rings. The molecule has 0 bridgehead atoms. The number of hydrogen-bond donors (Lipinski definition) is 2. The van der Waals surface area contributed by atoms with Crippen molar-refractivity contribution in [2.45, 2.75) is 23.4 Å². The highest BCUT2D eigenvalue weighted by Crippen LogP contribution is 2.28. The molecule has 1 unspecified atom stereocenters. The smallest absolute Gasteiger partial charge is 0.175 e. The number of nitrogens with two attached hydrogens (primary N) is 1. The average Bonchev–Trinajstić information content (AvgIpc) is 2.66. The second-order valence-electron chi connectivity index (χ2n) is 6.61. The molecule has 1 heterocycles. The number of aliphatic imine (C=N–C) groups is 1. The number of benzene rings is 2. The first-order chi connectivity index (χ1) is 12.8. The van der Waals surface area contributed by atoms with Crippen LogP contribution in [-0.4, -0.2) is 27.6 Å². The van der Waals surface area contributed by atoms with E-state index in [0.29, 0.717) is 13.0 Å². The van der Waals surface area contributed by atoms with Crippen LogP contribution in [0.25, 0.3) is 0 Å². The Morgan fingerprint density at radius 3 is 2.63 bits per heavy atom. The molecule has 0 fully saturated rings. The molecule has 1 aliphatic heterocycles. The standard InChI is InChI=1S/C20H23N3O3S/c1-26-17-8-6-15(7-9-17)14-23-19-13-20(21,10-11-22-19)16-4-3-5-18(12-16)27(2,24)25/h3-12H,13-14,21H2,1-2H3,(H,22,23). The highest BCUT2D eigenvalue weighted by Gasteiger charge is 2.29. The van der Waals surface area contributed by atoms with Crippen molar-refractivity contribution >= 4 is 15.7 Å². The van der Waals surface area contributed by atoms with Gasteiger partial charge in [0, 0.05) is 18.9 Å². The molecule has 6 nitrogen and oxygen atoms in total. The van der Waals surface area contributed by atoms with Crippen molar-refractivity contribution in [3.8, 4) is 5.75 Å². The van der Waals surface area contributed by atoms with Gasteiger partial charge in [0.2, 0.25) is 0 Å². The lowest BCUT2D eigenvalue weighted by Crippen LogP contribution is -2.43. The average molecular weight is 385 g/mol. The number of amidine groups is 1. The monoisotopic (exact) mass is 385 g/mol. The first-order valence-electron chi connectivity index (χ1n) is 8.50. The minimum absolute atomic E-state index is 0.258. The van der Waals surface area contributed by atoms with Crippen LogP contribution in [0.1, 0.15) is 17.5 Å². The fraction of sp³-hybridized carbons (Fsp3) is 0.250. The summed E-state index contributed by atoms with van der Waals surface area (Å²) in [5, 5.41) is 3.13. The summed E-state index contributed by atoms with van der Waals surface area (Å²) in [7, 11) is -1.66. The molecule has 3 N–H and O–H groups in total. The Bertz CT molecular complexity index is 982. The van der Waals surface area contributed by atoms with Gasteiger partial charge in [0.25, 0.3) is 0 Å². The molecule has 0 amide bonds. The van der Waals surface area contributed by atoms with E-state index < -0.39 is 15.4 Å². The van der Waals surface area contributed by atoms with E-state index >= 15 is 0 Å². The molecule has 7 heteroatoms. The van der Waals surface area contributed by atoms with Gasteiger partial charge in [-0.05, 0) is 41.5 Å². The van der Waals surface area contributed by atoms with E-state index in [2.05, 4.69) is 10.3 Å². The van der Waals surface area contributed by atoms with Gasteiger partial charge in [-0.3, -0.25) is 4.99 Å². The van der Waals surface area contributed by atoms with Crippen molar-refractivity contribution in [1.29, 1.82) is 0 Å². The van der Waals surface area contributed by atoms with E-state index in [-0.39, 0.29) is 4.90 Å². The predicted octanol–water partition coefficient (Wildman–Crippen LogP) is 2.36. The molecular weight excluding hydrogens is 362 g/mol. The van der Waals surface area contributed by atoms with Crippen LogP contribution in [-0.2, 0) is 21.9 Å². The fourth-order valence-electron chi connectivity index (χ4n) is 2.91. The molecule has 0 spiro atoms. The number of rotatable bonds is 5. The molecule has 0 aromatic heterocycles. The SMILES string of the molecule is COc1ccc(CN=C2CC(N)(c3cccc(S(C)(=O)=O)c3)C=CN2)cc1. The third-order valence-electron chi connectivity index (χ3n) is 4.50. The van der Waals surface area contributed by atoms with Crippen LogP contribution in [0.3, 0.4) is 0 Å². The molecule has 142 valence electrons. The normalized spacial score (nSPS) is 21.1. The largest absolute Gasteiger partial charge is 0.497 e. The summed E-state index contributed by atoms with van der Waals surface area (Å²) in [5.41, 5.74) is 7.55. The molecule has 0 aliphatic carbocycles. The quantitative estimate of drug-likeness (QED) is 0.824.